The van der Waals surface area contributed by atoms with E-state index in [9.17, 15) is 0 Å². The first kappa shape index (κ1) is 28.6. The molecule has 0 saturated heterocycles. The van der Waals surface area contributed by atoms with Gasteiger partial charge in [0.2, 0.25) is 0 Å². The molecule has 0 N–H and O–H groups in total. The number of nitrogens with zero attached hydrogens (tertiary/aromatic N) is 3. The summed E-state index contributed by atoms with van der Waals surface area (Å²) < 4.78 is 2.90. The predicted octanol–water partition coefficient (Wildman–Crippen LogP) is 10.1. The monoisotopic (exact) mass is 709 g/mol. The lowest BCUT2D eigenvalue weighted by molar-refractivity contribution is 0.172. The molecular weight excluding hydrogens is 678 g/mol. The average Bonchev–Trinajstić information content (AvgIpc) is 2.96. The predicted molar refractivity (Wildman–Crippen MR) is 171 cm³/mol. The molecule has 0 spiro atoms. The molecule has 4 aromatic rings. The van der Waals surface area contributed by atoms with Crippen molar-refractivity contribution in [3.63, 3.8) is 0 Å². The van der Waals surface area contributed by atoms with Crippen molar-refractivity contribution in [3.05, 3.63) is 110 Å². The summed E-state index contributed by atoms with van der Waals surface area (Å²) in [6.45, 7) is 0. The number of rotatable bonds is 10. The van der Waals surface area contributed by atoms with Gasteiger partial charge in [-0.3, -0.25) is 4.98 Å². The highest BCUT2D eigenvalue weighted by Gasteiger charge is 2.28. The summed E-state index contributed by atoms with van der Waals surface area (Å²) in [6.07, 6.45) is 17.2. The van der Waals surface area contributed by atoms with Gasteiger partial charge in [-0.1, -0.05) is 52.3 Å². The van der Waals surface area contributed by atoms with Crippen LogP contribution in [0.5, 0.6) is 0 Å². The third-order valence-electron chi connectivity index (χ3n) is 8.08. The minimum atomic E-state index is 0.766. The fraction of sp³-hybridized carbons (Fsp3) is 0.364. The molecule has 1 saturated carbocycles. The number of hydrogen-bond acceptors (Lipinski definition) is 3. The largest absolute Gasteiger partial charge is 0.256 e. The van der Waals surface area contributed by atoms with E-state index >= 15 is 0 Å². The van der Waals surface area contributed by atoms with Crippen molar-refractivity contribution in [1.82, 2.24) is 15.0 Å². The van der Waals surface area contributed by atoms with Gasteiger partial charge >= 0.3 is 0 Å². The highest BCUT2D eigenvalue weighted by Crippen LogP contribution is 2.40. The average molecular weight is 712 g/mol. The molecule has 3 aromatic heterocycles. The quantitative estimate of drug-likeness (QED) is 0.154. The number of benzene rings is 1. The van der Waals surface area contributed by atoms with E-state index in [0.29, 0.717) is 0 Å². The molecule has 0 amide bonds. The van der Waals surface area contributed by atoms with Gasteiger partial charge in [-0.05, 0) is 148 Å². The minimum absolute atomic E-state index is 0.766. The van der Waals surface area contributed by atoms with E-state index in [1.165, 1.54) is 55.2 Å². The van der Waals surface area contributed by atoms with E-state index in [0.717, 1.165) is 62.0 Å². The fourth-order valence-electron chi connectivity index (χ4n) is 6.03. The maximum absolute atomic E-state index is 4.79. The molecule has 39 heavy (non-hydrogen) atoms. The molecule has 0 radical (unpaired) electrons. The lowest BCUT2D eigenvalue weighted by Gasteiger charge is -2.35. The third kappa shape index (κ3) is 8.55. The fourth-order valence-corrected chi connectivity index (χ4v) is 6.99. The molecule has 1 aliphatic rings. The van der Waals surface area contributed by atoms with E-state index < -0.39 is 0 Å². The van der Waals surface area contributed by atoms with Crippen LogP contribution in [0.1, 0.15) is 55.2 Å². The van der Waals surface area contributed by atoms with Gasteiger partial charge in [-0.2, -0.15) is 0 Å². The first-order chi connectivity index (χ1) is 19.0. The summed E-state index contributed by atoms with van der Waals surface area (Å²) in [5, 5.41) is 0. The Labute approximate surface area is 257 Å². The maximum Gasteiger partial charge on any atom is 0.106 e. The van der Waals surface area contributed by atoms with Crippen molar-refractivity contribution in [2.45, 2.75) is 57.8 Å². The zero-order valence-electron chi connectivity index (χ0n) is 22.1. The molecule has 0 aliphatic heterocycles. The summed E-state index contributed by atoms with van der Waals surface area (Å²) in [6, 6.07) is 21.3. The summed E-state index contributed by atoms with van der Waals surface area (Å²) in [7, 11) is 0. The van der Waals surface area contributed by atoms with Crippen molar-refractivity contribution >= 4 is 47.8 Å². The third-order valence-corrected chi connectivity index (χ3v) is 9.71. The van der Waals surface area contributed by atoms with Crippen molar-refractivity contribution in [2.75, 3.05) is 0 Å². The van der Waals surface area contributed by atoms with Crippen LogP contribution in [-0.4, -0.2) is 15.0 Å². The van der Waals surface area contributed by atoms with Crippen LogP contribution in [0.25, 0.3) is 11.3 Å². The topological polar surface area (TPSA) is 38.7 Å². The Morgan fingerprint density at radius 3 is 1.41 bits per heavy atom. The highest BCUT2D eigenvalue weighted by atomic mass is 79.9. The summed E-state index contributed by atoms with van der Waals surface area (Å²) in [5.41, 5.74) is 6.19. The number of aromatic nitrogens is 3. The number of aryl methyl sites for hydroxylation is 3. The van der Waals surface area contributed by atoms with Crippen LogP contribution in [0, 0.1) is 17.8 Å². The Morgan fingerprint density at radius 1 is 0.538 bits per heavy atom. The standard InChI is InChI=1S/C33H34Br3N3/c34-30-4-2-1-3-29(30)31-14-11-23(20-37-31)5-8-26-17-27(9-6-24-12-15-32(35)38-21-24)19-28(18-26)10-7-25-13-16-33(36)39-22-25/h1-4,11-16,20-22,26-28H,5-10,17-19H2/t26-,27+,28-. The molecule has 5 rings (SSSR count). The summed E-state index contributed by atoms with van der Waals surface area (Å²) in [5.74, 6) is 2.32. The second kappa shape index (κ2) is 14.1. The van der Waals surface area contributed by atoms with Crippen molar-refractivity contribution in [3.8, 4) is 11.3 Å². The molecule has 3 nitrogen and oxygen atoms in total. The van der Waals surface area contributed by atoms with Crippen LogP contribution in [-0.2, 0) is 19.3 Å². The Bertz CT molecular complexity index is 1270. The molecule has 1 aliphatic carbocycles. The molecule has 0 unspecified atom stereocenters. The van der Waals surface area contributed by atoms with Crippen molar-refractivity contribution < 1.29 is 0 Å². The molecule has 3 heterocycles. The van der Waals surface area contributed by atoms with Gasteiger partial charge in [-0.25, -0.2) is 9.97 Å². The molecular formula is C33H34Br3N3. The van der Waals surface area contributed by atoms with Crippen LogP contribution in [0.15, 0.2) is 92.9 Å². The SMILES string of the molecule is Brc1ccc(CC[C@@H]2C[C@H](CCc3ccc(Br)nc3)C[C@H](CCc3ccc(-c4ccccc4Br)nc3)C2)cn1. The normalized spacial score (nSPS) is 19.2. The second-order valence-corrected chi connectivity index (χ2v) is 13.4. The van der Waals surface area contributed by atoms with Gasteiger partial charge in [0, 0.05) is 28.6 Å². The smallest absolute Gasteiger partial charge is 0.106 e. The number of hydrogen-bond donors (Lipinski definition) is 0. The zero-order valence-corrected chi connectivity index (χ0v) is 26.8. The Balaban J connectivity index is 1.20. The molecule has 0 bridgehead atoms. The zero-order chi connectivity index (χ0) is 27.0. The van der Waals surface area contributed by atoms with E-state index in [1.54, 1.807) is 0 Å². The molecule has 1 fully saturated rings. The summed E-state index contributed by atoms with van der Waals surface area (Å²) >= 11 is 10.6. The van der Waals surface area contributed by atoms with E-state index in [2.05, 4.69) is 119 Å². The highest BCUT2D eigenvalue weighted by molar-refractivity contribution is 9.11. The lowest BCUT2D eigenvalue weighted by atomic mass is 9.70. The second-order valence-electron chi connectivity index (χ2n) is 10.9. The summed E-state index contributed by atoms with van der Waals surface area (Å²) in [4.78, 5) is 13.7. The van der Waals surface area contributed by atoms with Gasteiger partial charge in [0.1, 0.15) is 9.21 Å². The number of pyridine rings is 3. The Kier molecular flexibility index (Phi) is 10.4. The van der Waals surface area contributed by atoms with Gasteiger partial charge in [0.15, 0.2) is 0 Å². The van der Waals surface area contributed by atoms with Crippen molar-refractivity contribution in [2.24, 2.45) is 17.8 Å². The van der Waals surface area contributed by atoms with Gasteiger partial charge in [-0.15, -0.1) is 0 Å². The molecule has 3 atom stereocenters. The van der Waals surface area contributed by atoms with Gasteiger partial charge < -0.3 is 0 Å². The molecule has 202 valence electrons. The number of halogens is 3. The first-order valence-electron chi connectivity index (χ1n) is 13.9. The maximum atomic E-state index is 4.79. The van der Waals surface area contributed by atoms with E-state index in [-0.39, 0.29) is 0 Å². The van der Waals surface area contributed by atoms with E-state index in [1.807, 2.05) is 18.5 Å². The van der Waals surface area contributed by atoms with Gasteiger partial charge in [0.05, 0.1) is 5.69 Å². The van der Waals surface area contributed by atoms with Gasteiger partial charge in [0.25, 0.3) is 0 Å². The molecule has 1 aromatic carbocycles. The van der Waals surface area contributed by atoms with Crippen LogP contribution in [0.2, 0.25) is 0 Å². The van der Waals surface area contributed by atoms with Crippen molar-refractivity contribution in [1.29, 1.82) is 0 Å². The van der Waals surface area contributed by atoms with Crippen LogP contribution >= 0.6 is 47.8 Å². The van der Waals surface area contributed by atoms with Crippen LogP contribution < -0.4 is 0 Å². The van der Waals surface area contributed by atoms with E-state index in [4.69, 9.17) is 4.98 Å². The Hall–Kier alpha value is -1.89. The minimum Gasteiger partial charge on any atom is -0.256 e. The molecule has 6 heteroatoms. The van der Waals surface area contributed by atoms with Crippen LogP contribution in [0.4, 0.5) is 0 Å². The van der Waals surface area contributed by atoms with Crippen LogP contribution in [0.3, 0.4) is 0 Å². The Morgan fingerprint density at radius 2 is 1.00 bits per heavy atom. The lowest BCUT2D eigenvalue weighted by Crippen LogP contribution is -2.24. The first-order valence-corrected chi connectivity index (χ1v) is 16.3.